The average Bonchev–Trinajstić information content (AvgIpc) is 2.70. The summed E-state index contributed by atoms with van der Waals surface area (Å²) in [5, 5.41) is 0. The van der Waals surface area contributed by atoms with E-state index in [1.807, 2.05) is 6.07 Å². The van der Waals surface area contributed by atoms with Gasteiger partial charge in [-0.2, -0.15) is 8.42 Å². The molecule has 0 aliphatic heterocycles. The van der Waals surface area contributed by atoms with E-state index in [9.17, 15) is 13.2 Å². The monoisotopic (exact) mass is 402 g/mol. The van der Waals surface area contributed by atoms with E-state index in [-0.39, 0.29) is 17.3 Å². The molecule has 28 heavy (non-hydrogen) atoms. The first-order chi connectivity index (χ1) is 13.4. The molecular weight excluding hydrogens is 380 g/mol. The standard InChI is InChI=1S/C21H22O6S/c1-4-28(23,24)27-19-7-5-6-16(14-19)8-11-18(22)12-9-17-10-13-20(25-2)21(15-17)26-3/h5-15H,4H2,1-3H3/b11-8+,12-9+. The predicted molar refractivity (Wildman–Crippen MR) is 109 cm³/mol. The largest absolute Gasteiger partial charge is 0.493 e. The van der Waals surface area contributed by atoms with Crippen molar-refractivity contribution in [2.75, 3.05) is 20.0 Å². The maximum Gasteiger partial charge on any atom is 0.308 e. The third-order valence-electron chi connectivity index (χ3n) is 3.72. The van der Waals surface area contributed by atoms with Crippen LogP contribution in [-0.2, 0) is 14.9 Å². The van der Waals surface area contributed by atoms with Crippen molar-refractivity contribution in [3.63, 3.8) is 0 Å². The topological polar surface area (TPSA) is 78.9 Å². The van der Waals surface area contributed by atoms with Crippen molar-refractivity contribution in [3.05, 3.63) is 65.7 Å². The lowest BCUT2D eigenvalue weighted by atomic mass is 10.1. The number of methoxy groups -OCH3 is 2. The summed E-state index contributed by atoms with van der Waals surface area (Å²) in [5.41, 5.74) is 1.44. The second-order valence-corrected chi connectivity index (χ2v) is 7.55. The molecule has 0 aromatic heterocycles. The van der Waals surface area contributed by atoms with Crippen molar-refractivity contribution in [1.29, 1.82) is 0 Å². The highest BCUT2D eigenvalue weighted by Gasteiger charge is 2.09. The maximum atomic E-state index is 12.1. The second kappa shape index (κ2) is 9.75. The van der Waals surface area contributed by atoms with Crippen LogP contribution in [0.3, 0.4) is 0 Å². The van der Waals surface area contributed by atoms with Crippen LogP contribution >= 0.6 is 0 Å². The Balaban J connectivity index is 2.07. The molecule has 0 saturated heterocycles. The van der Waals surface area contributed by atoms with E-state index in [1.165, 1.54) is 19.1 Å². The minimum atomic E-state index is -3.59. The molecule has 0 heterocycles. The summed E-state index contributed by atoms with van der Waals surface area (Å²) in [4.78, 5) is 12.1. The van der Waals surface area contributed by atoms with Gasteiger partial charge in [0.15, 0.2) is 17.3 Å². The Morgan fingerprint density at radius 1 is 0.929 bits per heavy atom. The number of benzene rings is 2. The number of allylic oxidation sites excluding steroid dienone is 2. The zero-order chi connectivity index (χ0) is 20.6. The van der Waals surface area contributed by atoms with Crippen LogP contribution in [0.2, 0.25) is 0 Å². The number of hydrogen-bond donors (Lipinski definition) is 0. The molecule has 0 saturated carbocycles. The molecule has 148 valence electrons. The first kappa shape index (κ1) is 21.2. The fourth-order valence-electron chi connectivity index (χ4n) is 2.24. The predicted octanol–water partition coefficient (Wildman–Crippen LogP) is 3.73. The van der Waals surface area contributed by atoms with Crippen molar-refractivity contribution < 1.29 is 26.9 Å². The van der Waals surface area contributed by atoms with E-state index < -0.39 is 10.1 Å². The third-order valence-corrected chi connectivity index (χ3v) is 4.88. The minimum absolute atomic E-state index is 0.119. The summed E-state index contributed by atoms with van der Waals surface area (Å²) in [7, 11) is -0.493. The van der Waals surface area contributed by atoms with E-state index in [2.05, 4.69) is 0 Å². The molecule has 0 N–H and O–H groups in total. The molecule has 0 atom stereocenters. The molecular formula is C21H22O6S. The highest BCUT2D eigenvalue weighted by atomic mass is 32.2. The Labute approximate surface area is 165 Å². The Morgan fingerprint density at radius 2 is 1.57 bits per heavy atom. The molecule has 0 bridgehead atoms. The molecule has 0 radical (unpaired) electrons. The van der Waals surface area contributed by atoms with Crippen LogP contribution in [0.15, 0.2) is 54.6 Å². The van der Waals surface area contributed by atoms with Gasteiger partial charge in [-0.05, 0) is 54.5 Å². The van der Waals surface area contributed by atoms with Crippen molar-refractivity contribution in [1.82, 2.24) is 0 Å². The summed E-state index contributed by atoms with van der Waals surface area (Å²) in [6, 6.07) is 11.8. The van der Waals surface area contributed by atoms with Crippen LogP contribution < -0.4 is 13.7 Å². The molecule has 2 rings (SSSR count). The number of hydrogen-bond acceptors (Lipinski definition) is 6. The molecule has 6 nitrogen and oxygen atoms in total. The summed E-state index contributed by atoms with van der Waals surface area (Å²) < 4.78 is 38.4. The Kier molecular flexibility index (Phi) is 7.40. The summed E-state index contributed by atoms with van der Waals surface area (Å²) in [6.45, 7) is 1.50. The van der Waals surface area contributed by atoms with Crippen LogP contribution in [-0.4, -0.2) is 34.2 Å². The van der Waals surface area contributed by atoms with E-state index in [1.54, 1.807) is 62.8 Å². The molecule has 2 aromatic carbocycles. The van der Waals surface area contributed by atoms with Gasteiger partial charge in [0.25, 0.3) is 0 Å². The molecule has 0 fully saturated rings. The molecule has 0 spiro atoms. The SMILES string of the molecule is CCS(=O)(=O)Oc1cccc(/C=C/C(=O)/C=C/c2ccc(OC)c(OC)c2)c1. The van der Waals surface area contributed by atoms with E-state index in [0.29, 0.717) is 17.1 Å². The second-order valence-electron chi connectivity index (χ2n) is 5.69. The van der Waals surface area contributed by atoms with Gasteiger partial charge in [0, 0.05) is 0 Å². The van der Waals surface area contributed by atoms with Gasteiger partial charge in [0.05, 0.1) is 20.0 Å². The number of carbonyl (C=O) groups excluding carboxylic acids is 1. The first-order valence-electron chi connectivity index (χ1n) is 8.51. The molecule has 2 aromatic rings. The molecule has 0 aliphatic rings. The lowest BCUT2D eigenvalue weighted by Gasteiger charge is -2.07. The van der Waals surface area contributed by atoms with Gasteiger partial charge in [-0.3, -0.25) is 4.79 Å². The zero-order valence-corrected chi connectivity index (χ0v) is 16.7. The molecule has 0 aliphatic carbocycles. The highest BCUT2D eigenvalue weighted by Crippen LogP contribution is 2.28. The van der Waals surface area contributed by atoms with Gasteiger partial charge in [0.2, 0.25) is 0 Å². The van der Waals surface area contributed by atoms with Crippen molar-refractivity contribution >= 4 is 28.1 Å². The van der Waals surface area contributed by atoms with Crippen LogP contribution in [0.1, 0.15) is 18.1 Å². The fraction of sp³-hybridized carbons (Fsp3) is 0.190. The quantitative estimate of drug-likeness (QED) is 0.470. The minimum Gasteiger partial charge on any atom is -0.493 e. The Bertz CT molecular complexity index is 990. The lowest BCUT2D eigenvalue weighted by Crippen LogP contribution is -2.11. The first-order valence-corrected chi connectivity index (χ1v) is 10.1. The van der Waals surface area contributed by atoms with Crippen LogP contribution in [0.25, 0.3) is 12.2 Å². The fourth-order valence-corrected chi connectivity index (χ4v) is 2.76. The summed E-state index contributed by atoms with van der Waals surface area (Å²) in [5.74, 6) is 1.05. The smallest absolute Gasteiger partial charge is 0.308 e. The van der Waals surface area contributed by atoms with Crippen LogP contribution in [0.4, 0.5) is 0 Å². The van der Waals surface area contributed by atoms with E-state index >= 15 is 0 Å². The Morgan fingerprint density at radius 3 is 2.18 bits per heavy atom. The van der Waals surface area contributed by atoms with Gasteiger partial charge >= 0.3 is 10.1 Å². The van der Waals surface area contributed by atoms with Gasteiger partial charge < -0.3 is 13.7 Å². The third kappa shape index (κ3) is 6.28. The highest BCUT2D eigenvalue weighted by molar-refractivity contribution is 7.87. The number of rotatable bonds is 9. The molecule has 7 heteroatoms. The van der Waals surface area contributed by atoms with Crippen LogP contribution in [0, 0.1) is 0 Å². The lowest BCUT2D eigenvalue weighted by molar-refractivity contribution is -0.110. The number of ether oxygens (including phenoxy) is 2. The van der Waals surface area contributed by atoms with Crippen molar-refractivity contribution in [2.45, 2.75) is 6.92 Å². The zero-order valence-electron chi connectivity index (χ0n) is 15.9. The van der Waals surface area contributed by atoms with E-state index in [4.69, 9.17) is 13.7 Å². The average molecular weight is 402 g/mol. The van der Waals surface area contributed by atoms with Crippen LogP contribution in [0.5, 0.6) is 17.2 Å². The number of carbonyl (C=O) groups is 1. The summed E-state index contributed by atoms with van der Waals surface area (Å²) >= 11 is 0. The van der Waals surface area contributed by atoms with Crippen molar-refractivity contribution in [2.24, 2.45) is 0 Å². The normalized spacial score (nSPS) is 11.7. The van der Waals surface area contributed by atoms with Gasteiger partial charge in [-0.15, -0.1) is 0 Å². The molecule has 0 amide bonds. The van der Waals surface area contributed by atoms with Gasteiger partial charge in [-0.1, -0.05) is 30.4 Å². The summed E-state index contributed by atoms with van der Waals surface area (Å²) in [6.07, 6.45) is 6.08. The molecule has 0 unspecified atom stereocenters. The Hall–Kier alpha value is -3.06. The number of ketones is 1. The van der Waals surface area contributed by atoms with Crippen molar-refractivity contribution in [3.8, 4) is 17.2 Å². The van der Waals surface area contributed by atoms with E-state index in [0.717, 1.165) is 5.56 Å². The van der Waals surface area contributed by atoms with Gasteiger partial charge in [0.1, 0.15) is 5.75 Å². The van der Waals surface area contributed by atoms with Gasteiger partial charge in [-0.25, -0.2) is 0 Å². The maximum absolute atomic E-state index is 12.1.